The van der Waals surface area contributed by atoms with Crippen molar-refractivity contribution in [2.24, 2.45) is 0 Å². The SMILES string of the molecule is CNCCNC(=O)c1noc(CO)c1C. The lowest BCUT2D eigenvalue weighted by atomic mass is 10.2. The van der Waals surface area contributed by atoms with Crippen LogP contribution in [0.4, 0.5) is 0 Å². The van der Waals surface area contributed by atoms with Crippen LogP contribution in [0.5, 0.6) is 0 Å². The van der Waals surface area contributed by atoms with E-state index in [-0.39, 0.29) is 18.2 Å². The second kappa shape index (κ2) is 5.47. The Hall–Kier alpha value is -1.40. The molecule has 0 aliphatic carbocycles. The number of likely N-dealkylation sites (N-methyl/N-ethyl adjacent to an activating group) is 1. The molecule has 1 aromatic heterocycles. The van der Waals surface area contributed by atoms with E-state index in [9.17, 15) is 4.79 Å². The number of hydrogen-bond donors (Lipinski definition) is 3. The van der Waals surface area contributed by atoms with Crippen LogP contribution >= 0.6 is 0 Å². The molecule has 84 valence electrons. The van der Waals surface area contributed by atoms with Crippen molar-refractivity contribution in [2.45, 2.75) is 13.5 Å². The molecule has 0 fully saturated rings. The van der Waals surface area contributed by atoms with Gasteiger partial charge in [-0.25, -0.2) is 0 Å². The lowest BCUT2D eigenvalue weighted by molar-refractivity contribution is 0.0944. The van der Waals surface area contributed by atoms with Gasteiger partial charge in [0, 0.05) is 18.7 Å². The zero-order valence-electron chi connectivity index (χ0n) is 8.83. The van der Waals surface area contributed by atoms with E-state index >= 15 is 0 Å². The summed E-state index contributed by atoms with van der Waals surface area (Å²) in [7, 11) is 1.80. The number of aliphatic hydroxyl groups is 1. The number of amides is 1. The van der Waals surface area contributed by atoms with Crippen molar-refractivity contribution >= 4 is 5.91 Å². The minimum atomic E-state index is -0.286. The minimum absolute atomic E-state index is 0.232. The van der Waals surface area contributed by atoms with Gasteiger partial charge in [-0.2, -0.15) is 0 Å². The molecule has 1 aromatic rings. The van der Waals surface area contributed by atoms with Crippen LogP contribution in [0, 0.1) is 6.92 Å². The molecule has 6 nitrogen and oxygen atoms in total. The highest BCUT2D eigenvalue weighted by Gasteiger charge is 2.17. The van der Waals surface area contributed by atoms with E-state index in [0.29, 0.717) is 24.4 Å². The minimum Gasteiger partial charge on any atom is -0.388 e. The van der Waals surface area contributed by atoms with E-state index in [0.717, 1.165) is 0 Å². The van der Waals surface area contributed by atoms with Gasteiger partial charge < -0.3 is 20.3 Å². The standard InChI is InChI=1S/C9H15N3O3/c1-6-7(5-13)15-12-8(6)9(14)11-4-3-10-2/h10,13H,3-5H2,1-2H3,(H,11,14). The monoisotopic (exact) mass is 213 g/mol. The largest absolute Gasteiger partial charge is 0.388 e. The van der Waals surface area contributed by atoms with Gasteiger partial charge in [0.25, 0.3) is 5.91 Å². The van der Waals surface area contributed by atoms with Gasteiger partial charge in [-0.05, 0) is 14.0 Å². The predicted molar refractivity (Wildman–Crippen MR) is 53.4 cm³/mol. The van der Waals surface area contributed by atoms with Crippen molar-refractivity contribution < 1.29 is 14.4 Å². The lowest BCUT2D eigenvalue weighted by Gasteiger charge is -2.01. The van der Waals surface area contributed by atoms with Gasteiger partial charge in [-0.1, -0.05) is 5.16 Å². The normalized spacial score (nSPS) is 10.3. The first kappa shape index (κ1) is 11.7. The number of rotatable bonds is 5. The maximum Gasteiger partial charge on any atom is 0.273 e. The molecule has 0 aliphatic heterocycles. The smallest absolute Gasteiger partial charge is 0.273 e. The summed E-state index contributed by atoms with van der Waals surface area (Å²) in [6, 6.07) is 0. The maximum atomic E-state index is 11.5. The molecule has 0 radical (unpaired) electrons. The molecule has 1 rings (SSSR count). The Morgan fingerprint density at radius 3 is 2.80 bits per heavy atom. The summed E-state index contributed by atoms with van der Waals surface area (Å²) in [5, 5.41) is 18.0. The summed E-state index contributed by atoms with van der Waals surface area (Å²) < 4.78 is 4.80. The Labute approximate surface area is 87.6 Å². The van der Waals surface area contributed by atoms with E-state index in [1.54, 1.807) is 14.0 Å². The van der Waals surface area contributed by atoms with Gasteiger partial charge >= 0.3 is 0 Å². The van der Waals surface area contributed by atoms with Crippen LogP contribution in [-0.2, 0) is 6.61 Å². The highest BCUT2D eigenvalue weighted by atomic mass is 16.5. The Morgan fingerprint density at radius 2 is 2.27 bits per heavy atom. The number of hydrogen-bond acceptors (Lipinski definition) is 5. The number of nitrogens with one attached hydrogen (secondary N) is 2. The molecule has 0 aliphatic rings. The van der Waals surface area contributed by atoms with Crippen molar-refractivity contribution in [2.75, 3.05) is 20.1 Å². The molecule has 0 bridgehead atoms. The fraction of sp³-hybridized carbons (Fsp3) is 0.556. The van der Waals surface area contributed by atoms with Crippen LogP contribution in [-0.4, -0.2) is 36.3 Å². The van der Waals surface area contributed by atoms with Crippen LogP contribution in [0.1, 0.15) is 21.8 Å². The molecule has 15 heavy (non-hydrogen) atoms. The summed E-state index contributed by atoms with van der Waals surface area (Å²) in [4.78, 5) is 11.5. The molecule has 3 N–H and O–H groups in total. The molecule has 0 spiro atoms. The number of carbonyl (C=O) groups excluding carboxylic acids is 1. The number of carbonyl (C=O) groups is 1. The Balaban J connectivity index is 2.61. The van der Waals surface area contributed by atoms with E-state index in [1.165, 1.54) is 0 Å². The third-order valence-corrected chi connectivity index (χ3v) is 2.04. The molecule has 0 atom stereocenters. The topological polar surface area (TPSA) is 87.4 Å². The van der Waals surface area contributed by atoms with Crippen molar-refractivity contribution in [3.8, 4) is 0 Å². The highest BCUT2D eigenvalue weighted by molar-refractivity contribution is 5.93. The van der Waals surface area contributed by atoms with Crippen LogP contribution in [0.15, 0.2) is 4.52 Å². The van der Waals surface area contributed by atoms with Gasteiger partial charge in [0.2, 0.25) is 0 Å². The first-order valence-electron chi connectivity index (χ1n) is 4.69. The second-order valence-corrected chi connectivity index (χ2v) is 3.10. The number of nitrogens with zero attached hydrogens (tertiary/aromatic N) is 1. The first-order chi connectivity index (χ1) is 7.20. The van der Waals surface area contributed by atoms with Crippen molar-refractivity contribution in [3.63, 3.8) is 0 Å². The molecule has 0 unspecified atom stereocenters. The Bertz CT molecular complexity index is 335. The lowest BCUT2D eigenvalue weighted by Crippen LogP contribution is -2.31. The van der Waals surface area contributed by atoms with Crippen molar-refractivity contribution in [1.29, 1.82) is 0 Å². The molecule has 0 saturated carbocycles. The van der Waals surface area contributed by atoms with Crippen LogP contribution < -0.4 is 10.6 Å². The van der Waals surface area contributed by atoms with E-state index in [4.69, 9.17) is 9.63 Å². The third-order valence-electron chi connectivity index (χ3n) is 2.04. The van der Waals surface area contributed by atoms with E-state index in [1.807, 2.05) is 0 Å². The zero-order chi connectivity index (χ0) is 11.3. The predicted octanol–water partition coefficient (Wildman–Crippen LogP) is -0.575. The Kier molecular flexibility index (Phi) is 4.26. The van der Waals surface area contributed by atoms with E-state index in [2.05, 4.69) is 15.8 Å². The number of aliphatic hydroxyl groups excluding tert-OH is 1. The summed E-state index contributed by atoms with van der Waals surface area (Å²) in [5.74, 6) is 0.0416. The summed E-state index contributed by atoms with van der Waals surface area (Å²) in [6.45, 7) is 2.66. The summed E-state index contributed by atoms with van der Waals surface area (Å²) in [6.07, 6.45) is 0. The third kappa shape index (κ3) is 2.77. The molecule has 1 heterocycles. The molecule has 0 saturated heterocycles. The van der Waals surface area contributed by atoms with Crippen molar-refractivity contribution in [1.82, 2.24) is 15.8 Å². The van der Waals surface area contributed by atoms with Crippen molar-refractivity contribution in [3.05, 3.63) is 17.0 Å². The van der Waals surface area contributed by atoms with Crippen LogP contribution in [0.25, 0.3) is 0 Å². The molecule has 1 amide bonds. The van der Waals surface area contributed by atoms with Gasteiger partial charge in [0.05, 0.1) is 0 Å². The molecule has 0 aromatic carbocycles. The average Bonchev–Trinajstić information content (AvgIpc) is 2.60. The van der Waals surface area contributed by atoms with Gasteiger partial charge in [0.1, 0.15) is 6.61 Å². The molecular weight excluding hydrogens is 198 g/mol. The summed E-state index contributed by atoms with van der Waals surface area (Å²) in [5.41, 5.74) is 0.814. The van der Waals surface area contributed by atoms with E-state index < -0.39 is 0 Å². The average molecular weight is 213 g/mol. The second-order valence-electron chi connectivity index (χ2n) is 3.10. The van der Waals surface area contributed by atoms with Gasteiger partial charge in [0.15, 0.2) is 11.5 Å². The maximum absolute atomic E-state index is 11.5. The van der Waals surface area contributed by atoms with Gasteiger partial charge in [-0.15, -0.1) is 0 Å². The van der Waals surface area contributed by atoms with Crippen LogP contribution in [0.3, 0.4) is 0 Å². The quantitative estimate of drug-likeness (QED) is 0.570. The molecular formula is C9H15N3O3. The zero-order valence-corrected chi connectivity index (χ0v) is 8.83. The van der Waals surface area contributed by atoms with Crippen LogP contribution in [0.2, 0.25) is 0 Å². The fourth-order valence-electron chi connectivity index (χ4n) is 1.11. The number of aromatic nitrogens is 1. The Morgan fingerprint density at radius 1 is 1.53 bits per heavy atom. The fourth-order valence-corrected chi connectivity index (χ4v) is 1.11. The molecule has 6 heteroatoms. The van der Waals surface area contributed by atoms with Gasteiger partial charge in [-0.3, -0.25) is 4.79 Å². The summed E-state index contributed by atoms with van der Waals surface area (Å²) >= 11 is 0. The highest BCUT2D eigenvalue weighted by Crippen LogP contribution is 2.12. The first-order valence-corrected chi connectivity index (χ1v) is 4.69.